The molecule has 0 spiro atoms. The van der Waals surface area contributed by atoms with Gasteiger partial charge < -0.3 is 9.42 Å². The Labute approximate surface area is 156 Å². The van der Waals surface area contributed by atoms with Crippen molar-refractivity contribution in [1.29, 1.82) is 0 Å². The van der Waals surface area contributed by atoms with Crippen LogP contribution in [0.15, 0.2) is 53.1 Å². The van der Waals surface area contributed by atoms with E-state index in [1.54, 1.807) is 29.2 Å². The first-order valence-electron chi connectivity index (χ1n) is 8.59. The molecule has 0 saturated carbocycles. The Morgan fingerprint density at radius 1 is 1.23 bits per heavy atom. The molecule has 4 rings (SSSR count). The van der Waals surface area contributed by atoms with E-state index >= 15 is 0 Å². The molecule has 6 heteroatoms. The van der Waals surface area contributed by atoms with Gasteiger partial charge in [0.15, 0.2) is 0 Å². The summed E-state index contributed by atoms with van der Waals surface area (Å²) < 4.78 is 5.50. The minimum absolute atomic E-state index is 0.0645. The standard InChI is InChI=1S/C20H18ClN3O2/c1-13-5-2-6-14(11-13)18-22-19(26-23-18)17-9-4-10-24(17)20(25)15-7-3-8-16(21)12-15/h2-3,5-8,11-12,17H,4,9-10H2,1H3. The summed E-state index contributed by atoms with van der Waals surface area (Å²) in [7, 11) is 0. The van der Waals surface area contributed by atoms with Gasteiger partial charge in [0.2, 0.25) is 11.7 Å². The molecule has 26 heavy (non-hydrogen) atoms. The largest absolute Gasteiger partial charge is 0.337 e. The third-order valence-electron chi connectivity index (χ3n) is 4.59. The van der Waals surface area contributed by atoms with Crippen molar-refractivity contribution in [2.45, 2.75) is 25.8 Å². The predicted molar refractivity (Wildman–Crippen MR) is 98.9 cm³/mol. The van der Waals surface area contributed by atoms with Crippen molar-refractivity contribution in [1.82, 2.24) is 15.0 Å². The summed E-state index contributed by atoms with van der Waals surface area (Å²) in [6.45, 7) is 2.69. The zero-order valence-electron chi connectivity index (χ0n) is 14.4. The number of carbonyl (C=O) groups is 1. The number of amides is 1. The van der Waals surface area contributed by atoms with Crippen LogP contribution in [0.3, 0.4) is 0 Å². The van der Waals surface area contributed by atoms with Gasteiger partial charge >= 0.3 is 0 Å². The van der Waals surface area contributed by atoms with E-state index < -0.39 is 0 Å². The second kappa shape index (κ2) is 6.92. The normalized spacial score (nSPS) is 16.8. The van der Waals surface area contributed by atoms with Crippen LogP contribution in [0.4, 0.5) is 0 Å². The van der Waals surface area contributed by atoms with Crippen molar-refractivity contribution >= 4 is 17.5 Å². The van der Waals surface area contributed by atoms with Crippen LogP contribution in [0.1, 0.15) is 40.7 Å². The molecule has 3 aromatic rings. The van der Waals surface area contributed by atoms with E-state index in [0.29, 0.717) is 28.8 Å². The fourth-order valence-electron chi connectivity index (χ4n) is 3.33. The Balaban J connectivity index is 1.60. The van der Waals surface area contributed by atoms with Crippen LogP contribution in [-0.4, -0.2) is 27.5 Å². The number of benzene rings is 2. The van der Waals surface area contributed by atoms with Crippen molar-refractivity contribution in [3.63, 3.8) is 0 Å². The summed E-state index contributed by atoms with van der Waals surface area (Å²) in [5.74, 6) is 0.963. The first kappa shape index (κ1) is 16.8. The third-order valence-corrected chi connectivity index (χ3v) is 4.82. The summed E-state index contributed by atoms with van der Waals surface area (Å²) in [5.41, 5.74) is 2.61. The number of hydrogen-bond donors (Lipinski definition) is 0. The van der Waals surface area contributed by atoms with Crippen molar-refractivity contribution in [3.05, 3.63) is 70.6 Å². The van der Waals surface area contributed by atoms with E-state index in [1.807, 2.05) is 31.2 Å². The molecule has 5 nitrogen and oxygen atoms in total. The van der Waals surface area contributed by atoms with E-state index in [1.165, 1.54) is 0 Å². The smallest absolute Gasteiger partial charge is 0.254 e. The molecule has 1 atom stereocenters. The van der Waals surface area contributed by atoms with Gasteiger partial charge in [0, 0.05) is 22.7 Å². The zero-order valence-corrected chi connectivity index (χ0v) is 15.1. The Kier molecular flexibility index (Phi) is 4.47. The Morgan fingerprint density at radius 3 is 2.88 bits per heavy atom. The van der Waals surface area contributed by atoms with Crippen LogP contribution in [0.2, 0.25) is 5.02 Å². The maximum absolute atomic E-state index is 12.9. The predicted octanol–water partition coefficient (Wildman–Crippen LogP) is 4.68. The summed E-state index contributed by atoms with van der Waals surface area (Å²) in [6, 6.07) is 14.7. The Bertz CT molecular complexity index is 953. The average Bonchev–Trinajstić information content (AvgIpc) is 3.30. The highest BCUT2D eigenvalue weighted by Crippen LogP contribution is 2.33. The van der Waals surface area contributed by atoms with Crippen molar-refractivity contribution in [3.8, 4) is 11.4 Å². The average molecular weight is 368 g/mol. The Morgan fingerprint density at radius 2 is 2.08 bits per heavy atom. The highest BCUT2D eigenvalue weighted by atomic mass is 35.5. The Hall–Kier alpha value is -2.66. The molecule has 2 aromatic carbocycles. The number of hydrogen-bond acceptors (Lipinski definition) is 4. The van der Waals surface area contributed by atoms with Crippen LogP contribution in [-0.2, 0) is 0 Å². The number of rotatable bonds is 3. The number of nitrogens with zero attached hydrogens (tertiary/aromatic N) is 3. The monoisotopic (exact) mass is 367 g/mol. The molecule has 0 radical (unpaired) electrons. The minimum atomic E-state index is -0.201. The first-order valence-corrected chi connectivity index (χ1v) is 8.97. The lowest BCUT2D eigenvalue weighted by Gasteiger charge is -2.22. The SMILES string of the molecule is Cc1cccc(-c2noc(C3CCCN3C(=O)c3cccc(Cl)c3)n2)c1. The molecule has 1 fully saturated rings. The summed E-state index contributed by atoms with van der Waals surface area (Å²) in [4.78, 5) is 19.2. The number of aromatic nitrogens is 2. The van der Waals surface area contributed by atoms with E-state index in [4.69, 9.17) is 16.1 Å². The second-order valence-corrected chi connectivity index (χ2v) is 6.93. The summed E-state index contributed by atoms with van der Waals surface area (Å²) in [5, 5.41) is 4.65. The number of aryl methyl sites for hydroxylation is 1. The molecule has 2 heterocycles. The summed E-state index contributed by atoms with van der Waals surface area (Å²) in [6.07, 6.45) is 1.71. The van der Waals surface area contributed by atoms with Gasteiger partial charge in [-0.1, -0.05) is 46.6 Å². The van der Waals surface area contributed by atoms with Crippen molar-refractivity contribution < 1.29 is 9.32 Å². The van der Waals surface area contributed by atoms with Crippen LogP contribution < -0.4 is 0 Å². The van der Waals surface area contributed by atoms with E-state index in [2.05, 4.69) is 10.1 Å². The molecule has 0 N–H and O–H groups in total. The highest BCUT2D eigenvalue weighted by Gasteiger charge is 2.34. The molecule has 0 aliphatic carbocycles. The molecular formula is C20H18ClN3O2. The summed E-state index contributed by atoms with van der Waals surface area (Å²) >= 11 is 6.02. The molecular weight excluding hydrogens is 350 g/mol. The molecule has 1 saturated heterocycles. The second-order valence-electron chi connectivity index (χ2n) is 6.49. The fraction of sp³-hybridized carbons (Fsp3) is 0.250. The maximum atomic E-state index is 12.9. The number of carbonyl (C=O) groups excluding carboxylic acids is 1. The first-order chi connectivity index (χ1) is 12.6. The van der Waals surface area contributed by atoms with Crippen LogP contribution in [0.5, 0.6) is 0 Å². The zero-order chi connectivity index (χ0) is 18.1. The van der Waals surface area contributed by atoms with Gasteiger partial charge in [0.1, 0.15) is 6.04 Å². The van der Waals surface area contributed by atoms with Gasteiger partial charge in [-0.2, -0.15) is 4.98 Å². The van der Waals surface area contributed by atoms with Gasteiger partial charge in [0.05, 0.1) is 0 Å². The van der Waals surface area contributed by atoms with Gasteiger partial charge in [0.25, 0.3) is 5.91 Å². The number of halogens is 1. The number of likely N-dealkylation sites (tertiary alicyclic amines) is 1. The van der Waals surface area contributed by atoms with Crippen LogP contribution >= 0.6 is 11.6 Å². The van der Waals surface area contributed by atoms with Crippen LogP contribution in [0.25, 0.3) is 11.4 Å². The lowest BCUT2D eigenvalue weighted by molar-refractivity contribution is 0.0710. The van der Waals surface area contributed by atoms with Gasteiger partial charge in [-0.3, -0.25) is 4.79 Å². The highest BCUT2D eigenvalue weighted by molar-refractivity contribution is 6.30. The molecule has 0 bridgehead atoms. The fourth-order valence-corrected chi connectivity index (χ4v) is 3.52. The molecule has 1 unspecified atom stereocenters. The maximum Gasteiger partial charge on any atom is 0.254 e. The minimum Gasteiger partial charge on any atom is -0.337 e. The van der Waals surface area contributed by atoms with Crippen LogP contribution in [0, 0.1) is 6.92 Å². The van der Waals surface area contributed by atoms with Gasteiger partial charge in [-0.15, -0.1) is 0 Å². The van der Waals surface area contributed by atoms with Crippen molar-refractivity contribution in [2.75, 3.05) is 6.54 Å². The molecule has 1 aromatic heterocycles. The lowest BCUT2D eigenvalue weighted by atomic mass is 10.1. The van der Waals surface area contributed by atoms with E-state index in [-0.39, 0.29) is 11.9 Å². The topological polar surface area (TPSA) is 59.2 Å². The molecule has 1 aliphatic heterocycles. The lowest BCUT2D eigenvalue weighted by Crippen LogP contribution is -2.30. The molecule has 1 amide bonds. The van der Waals surface area contributed by atoms with E-state index in [9.17, 15) is 4.79 Å². The molecule has 1 aliphatic rings. The van der Waals surface area contributed by atoms with Gasteiger partial charge in [-0.25, -0.2) is 0 Å². The third kappa shape index (κ3) is 3.22. The van der Waals surface area contributed by atoms with Crippen molar-refractivity contribution in [2.24, 2.45) is 0 Å². The van der Waals surface area contributed by atoms with Gasteiger partial charge in [-0.05, 0) is 44.0 Å². The van der Waals surface area contributed by atoms with E-state index in [0.717, 1.165) is 24.0 Å². The molecule has 132 valence electrons. The quantitative estimate of drug-likeness (QED) is 0.674.